The van der Waals surface area contributed by atoms with Gasteiger partial charge in [0, 0.05) is 58.4 Å². The number of carbonyl (C=O) groups excluding carboxylic acids is 1. The van der Waals surface area contributed by atoms with Crippen molar-refractivity contribution in [2.75, 3.05) is 53.5 Å². The van der Waals surface area contributed by atoms with Gasteiger partial charge in [-0.25, -0.2) is 23.0 Å². The molecule has 2 aliphatic carbocycles. The Morgan fingerprint density at radius 1 is 0.963 bits per heavy atom. The molecule has 5 fully saturated rings. The first-order chi connectivity index (χ1) is 25.6. The number of carbonyl (C=O) groups is 2. The second kappa shape index (κ2) is 16.7. The minimum Gasteiger partial charge on any atom is -0.465 e. The number of hydrogen-bond donors (Lipinski definition) is 1. The van der Waals surface area contributed by atoms with Crippen molar-refractivity contribution in [3.05, 3.63) is 59.4 Å². The number of alkyl halides is 3. The first-order valence-corrected chi connectivity index (χ1v) is 20.3. The molecule has 0 bridgehead atoms. The third kappa shape index (κ3) is 8.97. The monoisotopic (exact) mass is 779 g/mol. The summed E-state index contributed by atoms with van der Waals surface area (Å²) in [7, 11) is -0.0649. The van der Waals surface area contributed by atoms with E-state index < -0.39 is 40.2 Å². The Balaban J connectivity index is 0.000000193. The zero-order valence-corrected chi connectivity index (χ0v) is 32.0. The Labute approximate surface area is 315 Å². The summed E-state index contributed by atoms with van der Waals surface area (Å²) in [6, 6.07) is 11.7. The van der Waals surface area contributed by atoms with Crippen molar-refractivity contribution >= 4 is 22.2 Å². The van der Waals surface area contributed by atoms with Crippen LogP contribution >= 0.6 is 0 Å². The summed E-state index contributed by atoms with van der Waals surface area (Å²) >= 11 is 0. The lowest BCUT2D eigenvalue weighted by atomic mass is 9.98. The van der Waals surface area contributed by atoms with Crippen LogP contribution in [0.4, 0.5) is 22.8 Å². The number of fused-ring (bicyclic) bond motifs is 2. The van der Waals surface area contributed by atoms with Crippen molar-refractivity contribution in [3.63, 3.8) is 0 Å². The largest absolute Gasteiger partial charge is 0.465 e. The van der Waals surface area contributed by atoms with Crippen LogP contribution in [-0.4, -0.2) is 115 Å². The van der Waals surface area contributed by atoms with Gasteiger partial charge in [-0.3, -0.25) is 9.80 Å². The predicted molar refractivity (Wildman–Crippen MR) is 193 cm³/mol. The van der Waals surface area contributed by atoms with Gasteiger partial charge in [-0.05, 0) is 93.9 Å². The molecule has 0 radical (unpaired) electrons. The van der Waals surface area contributed by atoms with Crippen molar-refractivity contribution in [2.24, 2.45) is 29.6 Å². The Bertz CT molecular complexity index is 1720. The fraction of sp³-hybridized carbons (Fsp3) is 0.658. The van der Waals surface area contributed by atoms with Gasteiger partial charge in [0.15, 0.2) is 0 Å². The van der Waals surface area contributed by atoms with Crippen LogP contribution < -0.4 is 0 Å². The number of halogens is 3. The number of carboxylic acid groups (broad SMARTS) is 1. The number of amides is 2. The first kappa shape index (κ1) is 40.2. The Morgan fingerprint density at radius 3 is 2.24 bits per heavy atom. The molecule has 298 valence electrons. The zero-order valence-electron chi connectivity index (χ0n) is 31.2. The summed E-state index contributed by atoms with van der Waals surface area (Å²) in [5.74, 6) is 1.83. The van der Waals surface area contributed by atoms with Crippen LogP contribution in [0.25, 0.3) is 0 Å². The molecular formula is C38H52F3N5O7S. The van der Waals surface area contributed by atoms with Crippen LogP contribution in [0.2, 0.25) is 0 Å². The van der Waals surface area contributed by atoms with Crippen LogP contribution in [0.5, 0.6) is 0 Å². The van der Waals surface area contributed by atoms with E-state index in [9.17, 15) is 36.3 Å². The number of rotatable bonds is 8. The maximum atomic E-state index is 13.1. The summed E-state index contributed by atoms with van der Waals surface area (Å²) < 4.78 is 77.0. The number of likely N-dealkylation sites (tertiary alicyclic amines) is 1. The molecule has 54 heavy (non-hydrogen) atoms. The number of aromatic nitrogens is 1. The first-order valence-electron chi connectivity index (χ1n) is 18.9. The van der Waals surface area contributed by atoms with E-state index in [2.05, 4.69) is 16.9 Å². The number of nitrogens with zero attached hydrogens (tertiary/aromatic N) is 5. The summed E-state index contributed by atoms with van der Waals surface area (Å²) in [5, 5.41) is 9.42. The molecule has 2 amide bonds. The number of pyridine rings is 1. The molecule has 1 aromatic heterocycles. The minimum atomic E-state index is -4.59. The number of benzene rings is 1. The summed E-state index contributed by atoms with van der Waals surface area (Å²) in [6.45, 7) is 5.59. The van der Waals surface area contributed by atoms with Gasteiger partial charge in [-0.2, -0.15) is 17.5 Å². The van der Waals surface area contributed by atoms with Crippen LogP contribution in [0, 0.1) is 36.5 Å². The highest BCUT2D eigenvalue weighted by molar-refractivity contribution is 7.89. The Hall–Kier alpha value is -3.47. The van der Waals surface area contributed by atoms with Gasteiger partial charge in [-0.1, -0.05) is 36.8 Å². The molecule has 4 unspecified atom stereocenters. The normalized spacial score (nSPS) is 27.4. The van der Waals surface area contributed by atoms with Crippen molar-refractivity contribution in [1.82, 2.24) is 24.0 Å². The van der Waals surface area contributed by atoms with E-state index >= 15 is 0 Å². The number of ether oxygens (including phenoxy) is 2. The fourth-order valence-electron chi connectivity index (χ4n) is 9.28. The van der Waals surface area contributed by atoms with Crippen LogP contribution in [0.15, 0.2) is 47.4 Å². The average Bonchev–Trinajstić information content (AvgIpc) is 3.92. The van der Waals surface area contributed by atoms with Gasteiger partial charge in [0.2, 0.25) is 10.0 Å². The quantitative estimate of drug-likeness (QED) is 0.335. The molecule has 12 nitrogen and oxygen atoms in total. The van der Waals surface area contributed by atoms with E-state index in [0.717, 1.165) is 82.4 Å². The number of aryl methyl sites for hydroxylation is 1. The van der Waals surface area contributed by atoms with E-state index in [1.54, 1.807) is 7.05 Å². The van der Waals surface area contributed by atoms with Crippen LogP contribution in [-0.2, 0) is 32.3 Å². The highest BCUT2D eigenvalue weighted by Crippen LogP contribution is 2.44. The molecule has 2 saturated carbocycles. The van der Waals surface area contributed by atoms with Gasteiger partial charge in [0.1, 0.15) is 23.4 Å². The van der Waals surface area contributed by atoms with E-state index in [4.69, 9.17) is 9.47 Å². The molecule has 6 atom stereocenters. The van der Waals surface area contributed by atoms with Gasteiger partial charge >= 0.3 is 18.4 Å². The minimum absolute atomic E-state index is 0.110. The van der Waals surface area contributed by atoms with E-state index in [-0.39, 0.29) is 23.1 Å². The van der Waals surface area contributed by atoms with Crippen molar-refractivity contribution in [2.45, 2.75) is 81.8 Å². The molecule has 7 rings (SSSR count). The lowest BCUT2D eigenvalue weighted by Gasteiger charge is -2.33. The lowest BCUT2D eigenvalue weighted by molar-refractivity contribution is -0.141. The van der Waals surface area contributed by atoms with Gasteiger partial charge < -0.3 is 19.5 Å². The van der Waals surface area contributed by atoms with Crippen molar-refractivity contribution in [3.8, 4) is 0 Å². The van der Waals surface area contributed by atoms with Crippen LogP contribution in [0.1, 0.15) is 61.9 Å². The average molecular weight is 780 g/mol. The van der Waals surface area contributed by atoms with Gasteiger partial charge in [-0.15, -0.1) is 0 Å². The third-order valence-corrected chi connectivity index (χ3v) is 14.1. The predicted octanol–water partition coefficient (Wildman–Crippen LogP) is 6.16. The molecule has 16 heteroatoms. The molecule has 2 aromatic rings. The molecule has 4 heterocycles. The summed E-state index contributed by atoms with van der Waals surface area (Å²) in [5.41, 5.74) is -0.270. The van der Waals surface area contributed by atoms with Crippen LogP contribution in [0.3, 0.4) is 0 Å². The Morgan fingerprint density at radius 2 is 1.63 bits per heavy atom. The topological polar surface area (TPSA) is 133 Å². The molecule has 1 N–H and O–H groups in total. The van der Waals surface area contributed by atoms with E-state index in [1.807, 2.05) is 30.3 Å². The van der Waals surface area contributed by atoms with Crippen molar-refractivity contribution < 1.29 is 45.8 Å². The smallest absolute Gasteiger partial charge is 0.433 e. The summed E-state index contributed by atoms with van der Waals surface area (Å²) in [6.07, 6.45) is 0.768. The summed E-state index contributed by atoms with van der Waals surface area (Å²) in [4.78, 5) is 32.5. The van der Waals surface area contributed by atoms with E-state index in [1.165, 1.54) is 21.0 Å². The number of sulfonamides is 1. The highest BCUT2D eigenvalue weighted by Gasteiger charge is 2.50. The highest BCUT2D eigenvalue weighted by atomic mass is 32.2. The standard InChI is InChI=1S/C21H30F3N3O3S.C17H22N2O4/c1-14-19(3-4-20(25-14)21(22,23)24)31(28,29)27-12-16-9-18(10-17(16)13-27)26(2)11-15-5-7-30-8-6-15;1-18(17(22)23-11-12-6-3-2-4-7-12)15-14-9-5-8-13(14)10-19(15)16(20)21/h3-4,15-18H,5-13H2,1-2H3;2-4,6-7,13-15H,5,8-11H2,1H3,(H,20,21)/t16-,17+,18?;. The van der Waals surface area contributed by atoms with Crippen molar-refractivity contribution in [1.29, 1.82) is 0 Å². The molecule has 0 spiro atoms. The molecule has 3 aliphatic heterocycles. The number of hydrogen-bond acceptors (Lipinski definition) is 8. The second-order valence-corrected chi connectivity index (χ2v) is 17.5. The SMILES string of the molecule is CN(C(=O)OCc1ccccc1)C1C2CCCC2CN1C(=O)O.Cc1nc(C(F)(F)F)ccc1S(=O)(=O)N1C[C@H]2CC(N(C)CC3CCOCC3)C[C@H]2C1. The van der Waals surface area contributed by atoms with Gasteiger partial charge in [0.05, 0.1) is 5.69 Å². The van der Waals surface area contributed by atoms with E-state index in [0.29, 0.717) is 49.3 Å². The lowest BCUT2D eigenvalue weighted by Crippen LogP contribution is -2.50. The van der Waals surface area contributed by atoms with Gasteiger partial charge in [0.25, 0.3) is 0 Å². The maximum Gasteiger partial charge on any atom is 0.433 e. The fourth-order valence-corrected chi connectivity index (χ4v) is 11.0. The second-order valence-electron chi connectivity index (χ2n) is 15.6. The molecule has 5 aliphatic rings. The Kier molecular flexibility index (Phi) is 12.4. The molecular weight excluding hydrogens is 728 g/mol. The molecule has 1 aromatic carbocycles. The maximum absolute atomic E-state index is 13.1. The molecule has 3 saturated heterocycles. The third-order valence-electron chi connectivity index (χ3n) is 12.1. The zero-order chi connectivity index (χ0) is 38.8.